The van der Waals surface area contributed by atoms with Crippen molar-refractivity contribution in [3.63, 3.8) is 0 Å². The van der Waals surface area contributed by atoms with E-state index in [1.54, 1.807) is 12.1 Å². The Kier molecular flexibility index (Phi) is 5.30. The van der Waals surface area contributed by atoms with E-state index in [0.717, 1.165) is 17.9 Å². The van der Waals surface area contributed by atoms with Crippen LogP contribution in [0.25, 0.3) is 0 Å². The Morgan fingerprint density at radius 3 is 2.67 bits per heavy atom. The summed E-state index contributed by atoms with van der Waals surface area (Å²) in [4.78, 5) is 0. The number of para-hydroxylation sites is 1. The van der Waals surface area contributed by atoms with E-state index in [-0.39, 0.29) is 12.2 Å². The molecule has 0 atom stereocenters. The zero-order chi connectivity index (χ0) is 15.1. The Bertz CT molecular complexity index is 649. The number of nitriles is 1. The molecule has 4 heteroatoms. The maximum atomic E-state index is 14.0. The van der Waals surface area contributed by atoms with Gasteiger partial charge in [-0.1, -0.05) is 37.3 Å². The quantitative estimate of drug-likeness (QED) is 0.884. The zero-order valence-electron chi connectivity index (χ0n) is 11.9. The van der Waals surface area contributed by atoms with Crippen LogP contribution in [0, 0.1) is 17.1 Å². The van der Waals surface area contributed by atoms with Gasteiger partial charge in [-0.25, -0.2) is 4.39 Å². The highest BCUT2D eigenvalue weighted by atomic mass is 19.1. The molecule has 108 valence electrons. The fourth-order valence-electron chi connectivity index (χ4n) is 1.98. The van der Waals surface area contributed by atoms with Crippen molar-refractivity contribution in [1.82, 2.24) is 5.32 Å². The molecule has 0 bridgehead atoms. The second-order valence-corrected chi connectivity index (χ2v) is 4.57. The van der Waals surface area contributed by atoms with Crippen LogP contribution in [0.1, 0.15) is 23.6 Å². The lowest BCUT2D eigenvalue weighted by molar-refractivity contribution is 0.296. The van der Waals surface area contributed by atoms with Gasteiger partial charge in [0.15, 0.2) is 0 Å². The van der Waals surface area contributed by atoms with Gasteiger partial charge in [0.05, 0.1) is 5.56 Å². The zero-order valence-corrected chi connectivity index (χ0v) is 11.9. The lowest BCUT2D eigenvalue weighted by Crippen LogP contribution is -2.13. The molecular weight excluding hydrogens is 267 g/mol. The fraction of sp³-hybridized carbons (Fsp3) is 0.235. The maximum Gasteiger partial charge on any atom is 0.147 e. The predicted octanol–water partition coefficient (Wildman–Crippen LogP) is 3.39. The van der Waals surface area contributed by atoms with Crippen LogP contribution in [0.2, 0.25) is 0 Å². The molecule has 0 radical (unpaired) electrons. The molecule has 21 heavy (non-hydrogen) atoms. The number of rotatable bonds is 6. The third-order valence-electron chi connectivity index (χ3n) is 3.12. The number of hydrogen-bond acceptors (Lipinski definition) is 3. The van der Waals surface area contributed by atoms with Crippen molar-refractivity contribution in [3.05, 3.63) is 65.0 Å². The molecule has 0 heterocycles. The van der Waals surface area contributed by atoms with Crippen molar-refractivity contribution >= 4 is 0 Å². The smallest absolute Gasteiger partial charge is 0.147 e. The molecular formula is C17H17FN2O. The molecule has 1 N–H and O–H groups in total. The molecule has 0 aliphatic carbocycles. The molecule has 2 aromatic carbocycles. The molecule has 0 unspecified atom stereocenters. The van der Waals surface area contributed by atoms with Gasteiger partial charge in [0, 0.05) is 17.7 Å². The van der Waals surface area contributed by atoms with E-state index in [1.165, 1.54) is 6.07 Å². The minimum Gasteiger partial charge on any atom is -0.488 e. The summed E-state index contributed by atoms with van der Waals surface area (Å²) in [5.41, 5.74) is 1.44. The summed E-state index contributed by atoms with van der Waals surface area (Å²) in [7, 11) is 0. The lowest BCUT2D eigenvalue weighted by Gasteiger charge is -2.12. The molecule has 0 amide bonds. The molecule has 0 aromatic heterocycles. The van der Waals surface area contributed by atoms with Crippen molar-refractivity contribution in [1.29, 1.82) is 5.26 Å². The van der Waals surface area contributed by atoms with E-state index < -0.39 is 5.82 Å². The largest absolute Gasteiger partial charge is 0.488 e. The van der Waals surface area contributed by atoms with Crippen LogP contribution >= 0.6 is 0 Å². The summed E-state index contributed by atoms with van der Waals surface area (Å²) in [6, 6.07) is 14.2. The van der Waals surface area contributed by atoms with Gasteiger partial charge >= 0.3 is 0 Å². The third kappa shape index (κ3) is 3.80. The number of ether oxygens (including phenoxy) is 1. The second kappa shape index (κ2) is 7.41. The molecule has 0 aliphatic rings. The van der Waals surface area contributed by atoms with Gasteiger partial charge in [-0.15, -0.1) is 0 Å². The van der Waals surface area contributed by atoms with Gasteiger partial charge in [0.25, 0.3) is 0 Å². The summed E-state index contributed by atoms with van der Waals surface area (Å²) in [6.45, 7) is 3.71. The van der Waals surface area contributed by atoms with Crippen LogP contribution in [0.5, 0.6) is 5.75 Å². The van der Waals surface area contributed by atoms with Crippen LogP contribution in [0.15, 0.2) is 42.5 Å². The summed E-state index contributed by atoms with van der Waals surface area (Å²) in [5.74, 6) is 0.212. The number of halogens is 1. The topological polar surface area (TPSA) is 45.0 Å². The first-order valence-corrected chi connectivity index (χ1v) is 6.85. The van der Waals surface area contributed by atoms with Crippen LogP contribution in [-0.4, -0.2) is 6.54 Å². The average molecular weight is 284 g/mol. The summed E-state index contributed by atoms with van der Waals surface area (Å²) in [6.07, 6.45) is 0. The Hall–Kier alpha value is -2.38. The van der Waals surface area contributed by atoms with Gasteiger partial charge < -0.3 is 10.1 Å². The minimum absolute atomic E-state index is 0.0389. The van der Waals surface area contributed by atoms with Gasteiger partial charge in [0.2, 0.25) is 0 Å². The van der Waals surface area contributed by atoms with Crippen LogP contribution in [0.4, 0.5) is 4.39 Å². The molecule has 3 nitrogen and oxygen atoms in total. The SMILES string of the molecule is CCNCc1ccccc1OCc1cccc(C#N)c1F. The lowest BCUT2D eigenvalue weighted by atomic mass is 10.1. The number of benzene rings is 2. The molecule has 0 saturated carbocycles. The molecule has 0 saturated heterocycles. The second-order valence-electron chi connectivity index (χ2n) is 4.57. The van der Waals surface area contributed by atoms with Crippen LogP contribution < -0.4 is 10.1 Å². The predicted molar refractivity (Wildman–Crippen MR) is 79.3 cm³/mol. The number of nitrogens with one attached hydrogen (secondary N) is 1. The number of hydrogen-bond donors (Lipinski definition) is 1. The van der Waals surface area contributed by atoms with Crippen LogP contribution in [0.3, 0.4) is 0 Å². The molecule has 0 fully saturated rings. The van der Waals surface area contributed by atoms with E-state index in [0.29, 0.717) is 12.1 Å². The van der Waals surface area contributed by atoms with E-state index >= 15 is 0 Å². The summed E-state index contributed by atoms with van der Waals surface area (Å²) in [5, 5.41) is 12.1. The third-order valence-corrected chi connectivity index (χ3v) is 3.12. The highest BCUT2D eigenvalue weighted by molar-refractivity contribution is 5.36. The first-order chi connectivity index (χ1) is 10.3. The van der Waals surface area contributed by atoms with Gasteiger partial charge in [0.1, 0.15) is 24.2 Å². The highest BCUT2D eigenvalue weighted by Gasteiger charge is 2.09. The van der Waals surface area contributed by atoms with Crippen molar-refractivity contribution in [2.45, 2.75) is 20.1 Å². The molecule has 2 aromatic rings. The Morgan fingerprint density at radius 2 is 1.90 bits per heavy atom. The average Bonchev–Trinajstić information content (AvgIpc) is 2.52. The maximum absolute atomic E-state index is 14.0. The Balaban J connectivity index is 2.12. The first-order valence-electron chi connectivity index (χ1n) is 6.85. The van der Waals surface area contributed by atoms with Gasteiger partial charge in [-0.05, 0) is 18.7 Å². The van der Waals surface area contributed by atoms with Crippen molar-refractivity contribution in [2.75, 3.05) is 6.54 Å². The van der Waals surface area contributed by atoms with Crippen molar-refractivity contribution in [3.8, 4) is 11.8 Å². The summed E-state index contributed by atoms with van der Waals surface area (Å²) >= 11 is 0. The van der Waals surface area contributed by atoms with Gasteiger partial charge in [-0.2, -0.15) is 5.26 Å². The Morgan fingerprint density at radius 1 is 1.14 bits per heavy atom. The standard InChI is InChI=1S/C17H17FN2O/c1-2-20-11-14-6-3-4-9-16(14)21-12-15-8-5-7-13(10-19)17(15)18/h3-9,20H,2,11-12H2,1H3. The van der Waals surface area contributed by atoms with Crippen molar-refractivity contribution in [2.24, 2.45) is 0 Å². The van der Waals surface area contributed by atoms with Crippen molar-refractivity contribution < 1.29 is 9.13 Å². The van der Waals surface area contributed by atoms with Gasteiger partial charge in [-0.3, -0.25) is 0 Å². The molecule has 2 rings (SSSR count). The molecule has 0 aliphatic heterocycles. The summed E-state index contributed by atoms with van der Waals surface area (Å²) < 4.78 is 19.7. The normalized spacial score (nSPS) is 10.1. The first kappa shape index (κ1) is 15.0. The fourth-order valence-corrected chi connectivity index (χ4v) is 1.98. The van der Waals surface area contributed by atoms with E-state index in [1.807, 2.05) is 37.3 Å². The van der Waals surface area contributed by atoms with E-state index in [2.05, 4.69) is 5.32 Å². The van der Waals surface area contributed by atoms with E-state index in [9.17, 15) is 4.39 Å². The number of nitrogens with zero attached hydrogens (tertiary/aromatic N) is 1. The highest BCUT2D eigenvalue weighted by Crippen LogP contribution is 2.20. The monoisotopic (exact) mass is 284 g/mol. The van der Waals surface area contributed by atoms with E-state index in [4.69, 9.17) is 10.00 Å². The van der Waals surface area contributed by atoms with Crippen LogP contribution in [-0.2, 0) is 13.2 Å². The Labute approximate surface area is 124 Å². The molecule has 0 spiro atoms. The minimum atomic E-state index is -0.510.